The Morgan fingerprint density at radius 2 is 0.775 bits per heavy atom. The Morgan fingerprint density at radius 1 is 0.500 bits per heavy atom. The predicted octanol–water partition coefficient (Wildman–Crippen LogP) is 7.80. The van der Waals surface area contributed by atoms with Crippen molar-refractivity contribution in [1.29, 1.82) is 0 Å². The molecule has 40 heavy (non-hydrogen) atoms. The van der Waals surface area contributed by atoms with Crippen molar-refractivity contribution in [2.45, 2.75) is 52.4 Å². The van der Waals surface area contributed by atoms with E-state index in [2.05, 4.69) is 62.4 Å². The molecule has 0 N–H and O–H groups in total. The van der Waals surface area contributed by atoms with Crippen molar-refractivity contribution in [3.63, 3.8) is 0 Å². The van der Waals surface area contributed by atoms with Crippen molar-refractivity contribution in [2.75, 3.05) is 0 Å². The van der Waals surface area contributed by atoms with Crippen LogP contribution in [0.1, 0.15) is 59.1 Å². The van der Waals surface area contributed by atoms with Gasteiger partial charge in [0.25, 0.3) is 0 Å². The van der Waals surface area contributed by atoms with Crippen LogP contribution >= 0.6 is 0 Å². The number of carbonyl (C=O) groups excluding carboxylic acids is 2. The van der Waals surface area contributed by atoms with Gasteiger partial charge in [-0.15, -0.1) is 0 Å². The zero-order valence-electron chi connectivity index (χ0n) is 23.3. The second-order valence-corrected chi connectivity index (χ2v) is 11.0. The molecule has 4 aromatic rings. The van der Waals surface area contributed by atoms with Crippen LogP contribution in [0.15, 0.2) is 97.1 Å². The van der Waals surface area contributed by atoms with Crippen molar-refractivity contribution in [3.8, 4) is 11.5 Å². The zero-order chi connectivity index (χ0) is 27.9. The summed E-state index contributed by atoms with van der Waals surface area (Å²) < 4.78 is 11.3. The lowest BCUT2D eigenvalue weighted by Crippen LogP contribution is -2.30. The molecule has 0 saturated heterocycles. The van der Waals surface area contributed by atoms with Crippen LogP contribution in [-0.4, -0.2) is 11.9 Å². The first-order valence-corrected chi connectivity index (χ1v) is 14.1. The van der Waals surface area contributed by atoms with Crippen LogP contribution in [0.3, 0.4) is 0 Å². The number of ether oxygens (including phenoxy) is 2. The molecule has 0 radical (unpaired) electrons. The summed E-state index contributed by atoms with van der Waals surface area (Å²) in [7, 11) is 0. The fourth-order valence-corrected chi connectivity index (χ4v) is 5.20. The van der Waals surface area contributed by atoms with Crippen molar-refractivity contribution in [1.82, 2.24) is 0 Å². The van der Waals surface area contributed by atoms with Gasteiger partial charge in [-0.05, 0) is 98.9 Å². The van der Waals surface area contributed by atoms with Crippen molar-refractivity contribution in [2.24, 2.45) is 11.8 Å². The average Bonchev–Trinajstić information content (AvgIpc) is 2.97. The monoisotopic (exact) mass is 532 g/mol. The molecule has 0 aliphatic heterocycles. The number of hydrogen-bond acceptors (Lipinski definition) is 4. The van der Waals surface area contributed by atoms with Gasteiger partial charge in [-0.25, -0.2) is 0 Å². The molecule has 0 unspecified atom stereocenters. The molecule has 4 heteroatoms. The van der Waals surface area contributed by atoms with Crippen LogP contribution in [0.2, 0.25) is 0 Å². The summed E-state index contributed by atoms with van der Waals surface area (Å²) in [4.78, 5) is 25.6. The van der Waals surface area contributed by atoms with E-state index in [-0.39, 0.29) is 23.8 Å². The predicted molar refractivity (Wildman–Crippen MR) is 158 cm³/mol. The average molecular weight is 533 g/mol. The molecule has 4 nitrogen and oxygen atoms in total. The second-order valence-electron chi connectivity index (χ2n) is 11.0. The standard InChI is InChI=1S/C36H36O4/c1-25-3-7-27(8-4-25)23-29-11-19-33(20-12-29)39-35(37)31-15-17-32(18-16-31)36(38)40-34-21-13-30(14-22-34)24-28-9-5-26(2)6-10-28/h3-14,19-22,31-32H,15-18,23-24H2,1-2H3. The lowest BCUT2D eigenvalue weighted by atomic mass is 9.82. The topological polar surface area (TPSA) is 52.6 Å². The van der Waals surface area contributed by atoms with E-state index in [4.69, 9.17) is 9.47 Å². The Labute approximate surface area is 237 Å². The molecule has 1 aliphatic carbocycles. The Bertz CT molecular complexity index is 1300. The summed E-state index contributed by atoms with van der Waals surface area (Å²) in [6, 6.07) is 32.5. The highest BCUT2D eigenvalue weighted by Gasteiger charge is 2.32. The number of rotatable bonds is 8. The minimum absolute atomic E-state index is 0.197. The first-order chi connectivity index (χ1) is 19.4. The quantitative estimate of drug-likeness (QED) is 0.172. The van der Waals surface area contributed by atoms with Crippen LogP contribution in [0.5, 0.6) is 11.5 Å². The van der Waals surface area contributed by atoms with Gasteiger partial charge in [-0.2, -0.15) is 0 Å². The van der Waals surface area contributed by atoms with Gasteiger partial charge in [-0.3, -0.25) is 9.59 Å². The molecule has 0 amide bonds. The highest BCUT2D eigenvalue weighted by molar-refractivity contribution is 5.77. The van der Waals surface area contributed by atoms with Crippen molar-refractivity contribution in [3.05, 3.63) is 130 Å². The summed E-state index contributed by atoms with van der Waals surface area (Å²) >= 11 is 0. The summed E-state index contributed by atoms with van der Waals surface area (Å²) in [6.07, 6.45) is 4.18. The maximum atomic E-state index is 12.8. The first-order valence-electron chi connectivity index (χ1n) is 14.1. The molecule has 0 spiro atoms. The summed E-state index contributed by atoms with van der Waals surface area (Å²) in [5.74, 6) is 0.286. The highest BCUT2D eigenvalue weighted by atomic mass is 16.5. The maximum Gasteiger partial charge on any atom is 0.314 e. The summed E-state index contributed by atoms with van der Waals surface area (Å²) in [5, 5.41) is 0. The fraction of sp³-hybridized carbons (Fsp3) is 0.278. The van der Waals surface area contributed by atoms with Crippen LogP contribution in [0.4, 0.5) is 0 Å². The highest BCUT2D eigenvalue weighted by Crippen LogP contribution is 2.31. The zero-order valence-corrected chi connectivity index (χ0v) is 23.3. The van der Waals surface area contributed by atoms with E-state index in [0.717, 1.165) is 12.8 Å². The number of aryl methyl sites for hydroxylation is 2. The number of hydrogen-bond donors (Lipinski definition) is 0. The molecule has 0 bridgehead atoms. The molecule has 1 aliphatic rings. The van der Waals surface area contributed by atoms with Crippen LogP contribution in [-0.2, 0) is 22.4 Å². The SMILES string of the molecule is Cc1ccc(Cc2ccc(OC(=O)C3CCC(C(=O)Oc4ccc(Cc5ccc(C)cc5)cc4)CC3)cc2)cc1. The second kappa shape index (κ2) is 12.8. The Morgan fingerprint density at radius 3 is 1.07 bits per heavy atom. The van der Waals surface area contributed by atoms with Crippen LogP contribution in [0.25, 0.3) is 0 Å². The van der Waals surface area contributed by atoms with Crippen molar-refractivity contribution < 1.29 is 19.1 Å². The van der Waals surface area contributed by atoms with Crippen LogP contribution < -0.4 is 9.47 Å². The largest absolute Gasteiger partial charge is 0.426 e. The van der Waals surface area contributed by atoms with Gasteiger partial charge in [0.1, 0.15) is 11.5 Å². The molecule has 0 atom stereocenters. The molecule has 5 rings (SSSR count). The molecular formula is C36H36O4. The molecule has 204 valence electrons. The Balaban J connectivity index is 1.06. The molecule has 1 fully saturated rings. The number of benzene rings is 4. The van der Waals surface area contributed by atoms with E-state index in [1.165, 1.54) is 33.4 Å². The van der Waals surface area contributed by atoms with E-state index in [9.17, 15) is 9.59 Å². The van der Waals surface area contributed by atoms with Gasteiger partial charge >= 0.3 is 11.9 Å². The maximum absolute atomic E-state index is 12.8. The smallest absolute Gasteiger partial charge is 0.314 e. The molecule has 1 saturated carbocycles. The third-order valence-electron chi connectivity index (χ3n) is 7.74. The minimum Gasteiger partial charge on any atom is -0.426 e. The van der Waals surface area contributed by atoms with E-state index in [1.54, 1.807) is 0 Å². The lowest BCUT2D eigenvalue weighted by Gasteiger charge is -2.25. The summed E-state index contributed by atoms with van der Waals surface area (Å²) in [5.41, 5.74) is 7.33. The third kappa shape index (κ3) is 7.47. The van der Waals surface area contributed by atoms with Crippen LogP contribution in [0, 0.1) is 25.7 Å². The molecule has 4 aromatic carbocycles. The van der Waals surface area contributed by atoms with Gasteiger partial charge in [0.05, 0.1) is 11.8 Å². The first kappa shape index (κ1) is 27.4. The van der Waals surface area contributed by atoms with Gasteiger partial charge in [0.2, 0.25) is 0 Å². The Hall–Kier alpha value is -4.18. The van der Waals surface area contributed by atoms with E-state index in [0.29, 0.717) is 37.2 Å². The van der Waals surface area contributed by atoms with Crippen molar-refractivity contribution >= 4 is 11.9 Å². The van der Waals surface area contributed by atoms with E-state index in [1.807, 2.05) is 48.5 Å². The third-order valence-corrected chi connectivity index (χ3v) is 7.74. The van der Waals surface area contributed by atoms with Gasteiger partial charge in [0, 0.05) is 0 Å². The summed E-state index contributed by atoms with van der Waals surface area (Å²) in [6.45, 7) is 4.16. The number of carbonyl (C=O) groups is 2. The lowest BCUT2D eigenvalue weighted by molar-refractivity contribution is -0.145. The normalized spacial score (nSPS) is 16.8. The molecule has 0 heterocycles. The minimum atomic E-state index is -0.220. The van der Waals surface area contributed by atoms with E-state index >= 15 is 0 Å². The van der Waals surface area contributed by atoms with Gasteiger partial charge in [-0.1, -0.05) is 83.9 Å². The Kier molecular flexibility index (Phi) is 8.75. The van der Waals surface area contributed by atoms with Gasteiger partial charge in [0.15, 0.2) is 0 Å². The molecule has 0 aromatic heterocycles. The number of esters is 2. The van der Waals surface area contributed by atoms with E-state index < -0.39 is 0 Å². The van der Waals surface area contributed by atoms with Gasteiger partial charge < -0.3 is 9.47 Å². The fourth-order valence-electron chi connectivity index (χ4n) is 5.20. The molecular weight excluding hydrogens is 496 g/mol.